The van der Waals surface area contributed by atoms with Crippen LogP contribution < -0.4 is 5.73 Å². The van der Waals surface area contributed by atoms with Crippen molar-refractivity contribution in [2.75, 3.05) is 0 Å². The topological polar surface area (TPSA) is 76.4 Å². The van der Waals surface area contributed by atoms with Gasteiger partial charge in [0.1, 0.15) is 5.03 Å². The molecule has 0 aliphatic carbocycles. The first-order valence-electron chi connectivity index (χ1n) is 5.79. The van der Waals surface area contributed by atoms with Gasteiger partial charge in [0.15, 0.2) is 5.84 Å². The van der Waals surface area contributed by atoms with E-state index in [1.165, 1.54) is 5.56 Å². The van der Waals surface area contributed by atoms with Crippen LogP contribution in [0.4, 0.5) is 0 Å². The molecule has 100 valence electrons. The minimum Gasteiger partial charge on any atom is -0.409 e. The van der Waals surface area contributed by atoms with Crippen LogP contribution in [-0.4, -0.2) is 20.8 Å². The Morgan fingerprint density at radius 3 is 2.79 bits per heavy atom. The Balaban J connectivity index is 2.45. The van der Waals surface area contributed by atoms with Crippen LogP contribution in [0.1, 0.15) is 16.8 Å². The van der Waals surface area contributed by atoms with Gasteiger partial charge in [0.25, 0.3) is 0 Å². The zero-order valence-electron chi connectivity index (χ0n) is 11.1. The molecule has 0 amide bonds. The highest BCUT2D eigenvalue weighted by Gasteiger charge is 2.18. The molecule has 5 nitrogen and oxygen atoms in total. The maximum Gasteiger partial charge on any atom is 0.174 e. The number of hydrogen-bond donors (Lipinski definition) is 2. The number of nitrogens with zero attached hydrogens (tertiary/aromatic N) is 3. The van der Waals surface area contributed by atoms with E-state index in [-0.39, 0.29) is 5.84 Å². The number of oxime groups is 1. The van der Waals surface area contributed by atoms with Crippen molar-refractivity contribution in [3.8, 4) is 0 Å². The molecular weight excluding hydrogens is 260 g/mol. The van der Waals surface area contributed by atoms with Crippen LogP contribution in [-0.2, 0) is 7.05 Å². The molecule has 3 N–H and O–H groups in total. The second-order valence-corrected chi connectivity index (χ2v) is 5.36. The Morgan fingerprint density at radius 2 is 2.16 bits per heavy atom. The Labute approximate surface area is 116 Å². The lowest BCUT2D eigenvalue weighted by molar-refractivity contribution is 0.318. The van der Waals surface area contributed by atoms with Crippen molar-refractivity contribution >= 4 is 17.6 Å². The molecule has 2 rings (SSSR count). The molecule has 0 unspecified atom stereocenters. The SMILES string of the molecule is Cc1cccc(Sc2c(/C(N)=N/O)c(C)nn2C)c1. The summed E-state index contributed by atoms with van der Waals surface area (Å²) in [5.41, 5.74) is 8.34. The van der Waals surface area contributed by atoms with Gasteiger partial charge in [-0.1, -0.05) is 34.6 Å². The summed E-state index contributed by atoms with van der Waals surface area (Å²) in [6, 6.07) is 8.16. The molecule has 0 atom stereocenters. The Kier molecular flexibility index (Phi) is 3.80. The molecule has 6 heteroatoms. The van der Waals surface area contributed by atoms with Crippen LogP contribution in [0.25, 0.3) is 0 Å². The second-order valence-electron chi connectivity index (χ2n) is 4.29. The molecule has 1 heterocycles. The van der Waals surface area contributed by atoms with E-state index in [1.807, 2.05) is 39.1 Å². The first-order valence-corrected chi connectivity index (χ1v) is 6.60. The lowest BCUT2D eigenvalue weighted by Gasteiger charge is -2.06. The van der Waals surface area contributed by atoms with Gasteiger partial charge in [-0.05, 0) is 26.0 Å². The number of hydrogen-bond acceptors (Lipinski definition) is 4. The van der Waals surface area contributed by atoms with Gasteiger partial charge in [0.2, 0.25) is 0 Å². The lowest BCUT2D eigenvalue weighted by Crippen LogP contribution is -2.14. The quantitative estimate of drug-likeness (QED) is 0.390. The summed E-state index contributed by atoms with van der Waals surface area (Å²) < 4.78 is 1.75. The fraction of sp³-hybridized carbons (Fsp3) is 0.231. The number of nitrogens with two attached hydrogens (primary N) is 1. The van der Waals surface area contributed by atoms with E-state index < -0.39 is 0 Å². The van der Waals surface area contributed by atoms with Gasteiger partial charge >= 0.3 is 0 Å². The predicted octanol–water partition coefficient (Wildman–Crippen LogP) is 2.28. The molecule has 0 bridgehead atoms. The van der Waals surface area contributed by atoms with E-state index in [2.05, 4.69) is 16.3 Å². The first-order chi connectivity index (χ1) is 9.02. The molecule has 0 saturated carbocycles. The maximum atomic E-state index is 8.87. The van der Waals surface area contributed by atoms with E-state index in [9.17, 15) is 0 Å². The summed E-state index contributed by atoms with van der Waals surface area (Å²) in [4.78, 5) is 1.09. The standard InChI is InChI=1S/C13H16N4OS/c1-8-5-4-6-10(7-8)19-13-11(12(14)16-18)9(2)15-17(13)3/h4-7,18H,1-3H3,(H2,14,16). The molecular formula is C13H16N4OS. The Morgan fingerprint density at radius 1 is 1.42 bits per heavy atom. The third-order valence-corrected chi connectivity index (χ3v) is 3.89. The average Bonchev–Trinajstić information content (AvgIpc) is 2.63. The fourth-order valence-electron chi connectivity index (χ4n) is 1.89. The van der Waals surface area contributed by atoms with Crippen molar-refractivity contribution < 1.29 is 5.21 Å². The molecule has 19 heavy (non-hydrogen) atoms. The smallest absolute Gasteiger partial charge is 0.174 e. The van der Waals surface area contributed by atoms with Crippen molar-refractivity contribution in [3.63, 3.8) is 0 Å². The zero-order valence-corrected chi connectivity index (χ0v) is 11.9. The molecule has 0 fully saturated rings. The summed E-state index contributed by atoms with van der Waals surface area (Å²) >= 11 is 1.55. The van der Waals surface area contributed by atoms with Gasteiger partial charge in [0, 0.05) is 11.9 Å². The van der Waals surface area contributed by atoms with Crippen LogP contribution in [0.5, 0.6) is 0 Å². The van der Waals surface area contributed by atoms with Crippen LogP contribution in [0.3, 0.4) is 0 Å². The van der Waals surface area contributed by atoms with Gasteiger partial charge in [-0.15, -0.1) is 0 Å². The van der Waals surface area contributed by atoms with Gasteiger partial charge in [-0.2, -0.15) is 5.10 Å². The third-order valence-electron chi connectivity index (χ3n) is 2.74. The van der Waals surface area contributed by atoms with Gasteiger partial charge in [-0.25, -0.2) is 0 Å². The van der Waals surface area contributed by atoms with Crippen LogP contribution in [0, 0.1) is 13.8 Å². The minimum atomic E-state index is 0.0840. The molecule has 1 aromatic carbocycles. The normalized spacial score (nSPS) is 11.8. The van der Waals surface area contributed by atoms with Crippen molar-refractivity contribution in [1.29, 1.82) is 0 Å². The first kappa shape index (κ1) is 13.5. The highest BCUT2D eigenvalue weighted by atomic mass is 32.2. The number of rotatable bonds is 3. The van der Waals surface area contributed by atoms with Crippen LogP contribution >= 0.6 is 11.8 Å². The van der Waals surface area contributed by atoms with Gasteiger partial charge in [-0.3, -0.25) is 4.68 Å². The van der Waals surface area contributed by atoms with Crippen molar-refractivity contribution in [2.45, 2.75) is 23.8 Å². The number of amidine groups is 1. The fourth-order valence-corrected chi connectivity index (χ4v) is 3.03. The van der Waals surface area contributed by atoms with Crippen molar-refractivity contribution in [2.24, 2.45) is 17.9 Å². The molecule has 2 aromatic rings. The highest BCUT2D eigenvalue weighted by Crippen LogP contribution is 2.31. The summed E-state index contributed by atoms with van der Waals surface area (Å²) in [5, 5.41) is 17.1. The Hall–Kier alpha value is -1.95. The lowest BCUT2D eigenvalue weighted by atomic mass is 10.2. The molecule has 1 aromatic heterocycles. The summed E-state index contributed by atoms with van der Waals surface area (Å²) in [7, 11) is 1.85. The number of aromatic nitrogens is 2. The van der Waals surface area contributed by atoms with Gasteiger partial charge < -0.3 is 10.9 Å². The summed E-state index contributed by atoms with van der Waals surface area (Å²) in [6.45, 7) is 3.89. The summed E-state index contributed by atoms with van der Waals surface area (Å²) in [6.07, 6.45) is 0. The Bertz CT molecular complexity index is 634. The molecule has 0 saturated heterocycles. The van der Waals surface area contributed by atoms with E-state index in [1.54, 1.807) is 16.4 Å². The van der Waals surface area contributed by atoms with Crippen molar-refractivity contribution in [1.82, 2.24) is 9.78 Å². The maximum absolute atomic E-state index is 8.87. The minimum absolute atomic E-state index is 0.0840. The van der Waals surface area contributed by atoms with Crippen LogP contribution in [0.2, 0.25) is 0 Å². The number of benzene rings is 1. The average molecular weight is 276 g/mol. The van der Waals surface area contributed by atoms with Crippen molar-refractivity contribution in [3.05, 3.63) is 41.1 Å². The molecule has 0 spiro atoms. The predicted molar refractivity (Wildman–Crippen MR) is 75.8 cm³/mol. The third kappa shape index (κ3) is 2.73. The molecule has 0 aliphatic rings. The zero-order chi connectivity index (χ0) is 14.0. The van der Waals surface area contributed by atoms with E-state index in [0.29, 0.717) is 5.56 Å². The van der Waals surface area contributed by atoms with E-state index in [0.717, 1.165) is 15.6 Å². The highest BCUT2D eigenvalue weighted by molar-refractivity contribution is 7.99. The number of aryl methyl sites for hydroxylation is 3. The second kappa shape index (κ2) is 5.36. The summed E-state index contributed by atoms with van der Waals surface area (Å²) in [5.74, 6) is 0.0840. The largest absolute Gasteiger partial charge is 0.409 e. The monoisotopic (exact) mass is 276 g/mol. The van der Waals surface area contributed by atoms with E-state index in [4.69, 9.17) is 10.9 Å². The van der Waals surface area contributed by atoms with E-state index >= 15 is 0 Å². The van der Waals surface area contributed by atoms with Crippen LogP contribution in [0.15, 0.2) is 39.3 Å². The van der Waals surface area contributed by atoms with Gasteiger partial charge in [0.05, 0.1) is 11.3 Å². The molecule has 0 radical (unpaired) electrons. The molecule has 0 aliphatic heterocycles.